The van der Waals surface area contributed by atoms with Crippen LogP contribution < -0.4 is 5.32 Å². The largest absolute Gasteiger partial charge is 0.388 e. The lowest BCUT2D eigenvalue weighted by atomic mass is 10.3. The zero-order valence-corrected chi connectivity index (χ0v) is 5.51. The fourth-order valence-corrected chi connectivity index (χ4v) is 0.417. The van der Waals surface area contributed by atoms with Crippen LogP contribution in [-0.2, 0) is 0 Å². The summed E-state index contributed by atoms with van der Waals surface area (Å²) in [6.45, 7) is 8.22. The lowest BCUT2D eigenvalue weighted by Crippen LogP contribution is -2.24. The van der Waals surface area contributed by atoms with Gasteiger partial charge in [0.25, 0.3) is 0 Å². The van der Waals surface area contributed by atoms with Crippen LogP contribution in [0.3, 0.4) is 0 Å². The van der Waals surface area contributed by atoms with E-state index in [1.165, 1.54) is 6.08 Å². The van der Waals surface area contributed by atoms with Crippen molar-refractivity contribution in [1.29, 1.82) is 0 Å². The van der Waals surface area contributed by atoms with Gasteiger partial charge in [-0.15, -0.1) is 13.2 Å². The molecule has 0 aromatic heterocycles. The predicted molar refractivity (Wildman–Crippen MR) is 39.3 cm³/mol. The summed E-state index contributed by atoms with van der Waals surface area (Å²) in [5.41, 5.74) is 0. The second kappa shape index (κ2) is 5.54. The van der Waals surface area contributed by atoms with E-state index in [4.69, 9.17) is 5.11 Å². The molecule has 0 aromatic rings. The van der Waals surface area contributed by atoms with E-state index < -0.39 is 6.10 Å². The third-order valence-electron chi connectivity index (χ3n) is 0.914. The molecule has 0 aliphatic heterocycles. The highest BCUT2D eigenvalue weighted by Crippen LogP contribution is 1.78. The first kappa shape index (κ1) is 8.40. The highest BCUT2D eigenvalue weighted by Gasteiger charge is 1.92. The minimum Gasteiger partial charge on any atom is -0.388 e. The van der Waals surface area contributed by atoms with Crippen molar-refractivity contribution in [2.24, 2.45) is 0 Å². The molecule has 2 heteroatoms. The fourth-order valence-electron chi connectivity index (χ4n) is 0.417. The maximum Gasteiger partial charge on any atom is 0.0842 e. The van der Waals surface area contributed by atoms with Crippen LogP contribution in [0.15, 0.2) is 25.3 Å². The monoisotopic (exact) mass is 127 g/mol. The van der Waals surface area contributed by atoms with Crippen LogP contribution in [0, 0.1) is 0 Å². The van der Waals surface area contributed by atoms with Gasteiger partial charge < -0.3 is 10.4 Å². The van der Waals surface area contributed by atoms with E-state index in [0.29, 0.717) is 6.54 Å². The van der Waals surface area contributed by atoms with Gasteiger partial charge in [0.2, 0.25) is 0 Å². The normalized spacial score (nSPS) is 12.6. The van der Waals surface area contributed by atoms with Crippen molar-refractivity contribution in [3.05, 3.63) is 25.3 Å². The van der Waals surface area contributed by atoms with Crippen LogP contribution in [0.1, 0.15) is 0 Å². The Morgan fingerprint density at radius 1 is 1.56 bits per heavy atom. The fraction of sp³-hybridized carbons (Fsp3) is 0.429. The highest BCUT2D eigenvalue weighted by atomic mass is 16.3. The third kappa shape index (κ3) is 5.27. The first-order valence-corrected chi connectivity index (χ1v) is 2.93. The summed E-state index contributed by atoms with van der Waals surface area (Å²) in [5, 5.41) is 11.8. The molecule has 0 heterocycles. The van der Waals surface area contributed by atoms with Crippen LogP contribution in [0.5, 0.6) is 0 Å². The molecule has 0 saturated heterocycles. The lowest BCUT2D eigenvalue weighted by molar-refractivity contribution is 0.221. The van der Waals surface area contributed by atoms with Gasteiger partial charge in [-0.3, -0.25) is 0 Å². The maximum atomic E-state index is 8.87. The van der Waals surface area contributed by atoms with E-state index in [9.17, 15) is 0 Å². The third-order valence-corrected chi connectivity index (χ3v) is 0.914. The molecule has 0 bridgehead atoms. The zero-order valence-electron chi connectivity index (χ0n) is 5.51. The molecule has 0 aromatic carbocycles. The molecule has 2 N–H and O–H groups in total. The summed E-state index contributed by atoms with van der Waals surface area (Å²) >= 11 is 0. The minimum atomic E-state index is -0.440. The maximum absolute atomic E-state index is 8.87. The van der Waals surface area contributed by atoms with Crippen molar-refractivity contribution in [1.82, 2.24) is 5.32 Å². The Hall–Kier alpha value is -0.600. The standard InChI is InChI=1S/C7H13NO/c1-3-5-8-6-7(9)4-2/h3-4,7-9H,1-2,5-6H2. The molecular weight excluding hydrogens is 114 g/mol. The molecule has 0 fully saturated rings. The van der Waals surface area contributed by atoms with Crippen molar-refractivity contribution < 1.29 is 5.11 Å². The Balaban J connectivity index is 3.05. The second-order valence-electron chi connectivity index (χ2n) is 1.75. The quantitative estimate of drug-likeness (QED) is 0.411. The summed E-state index contributed by atoms with van der Waals surface area (Å²) in [7, 11) is 0. The summed E-state index contributed by atoms with van der Waals surface area (Å²) in [6, 6.07) is 0. The molecule has 0 rings (SSSR count). The van der Waals surface area contributed by atoms with Crippen LogP contribution in [0.2, 0.25) is 0 Å². The van der Waals surface area contributed by atoms with Gasteiger partial charge in [-0.05, 0) is 0 Å². The average molecular weight is 127 g/mol. The summed E-state index contributed by atoms with van der Waals surface area (Å²) in [6.07, 6.45) is 2.80. The van der Waals surface area contributed by atoms with Crippen molar-refractivity contribution in [2.45, 2.75) is 6.10 Å². The molecule has 0 saturated carbocycles. The number of rotatable bonds is 5. The molecule has 0 aliphatic rings. The van der Waals surface area contributed by atoms with Crippen molar-refractivity contribution >= 4 is 0 Å². The summed E-state index contributed by atoms with van der Waals surface area (Å²) in [5.74, 6) is 0. The van der Waals surface area contributed by atoms with Crippen LogP contribution in [0.25, 0.3) is 0 Å². The number of hydrogen-bond donors (Lipinski definition) is 2. The van der Waals surface area contributed by atoms with Gasteiger partial charge in [-0.25, -0.2) is 0 Å². The summed E-state index contributed by atoms with van der Waals surface area (Å²) < 4.78 is 0. The zero-order chi connectivity index (χ0) is 7.11. The highest BCUT2D eigenvalue weighted by molar-refractivity contribution is 4.81. The SMILES string of the molecule is C=CCNCC(O)C=C. The average Bonchev–Trinajstić information content (AvgIpc) is 1.89. The molecule has 1 atom stereocenters. The summed E-state index contributed by atoms with van der Waals surface area (Å²) in [4.78, 5) is 0. The van der Waals surface area contributed by atoms with E-state index in [0.717, 1.165) is 6.54 Å². The molecule has 52 valence electrons. The van der Waals surface area contributed by atoms with Crippen LogP contribution >= 0.6 is 0 Å². The minimum absolute atomic E-state index is 0.440. The van der Waals surface area contributed by atoms with Crippen LogP contribution in [-0.4, -0.2) is 24.3 Å². The van der Waals surface area contributed by atoms with E-state index in [-0.39, 0.29) is 0 Å². The lowest BCUT2D eigenvalue weighted by Gasteiger charge is -2.03. The molecule has 0 spiro atoms. The number of nitrogens with one attached hydrogen (secondary N) is 1. The first-order valence-electron chi connectivity index (χ1n) is 2.93. The Kier molecular flexibility index (Phi) is 5.17. The topological polar surface area (TPSA) is 32.3 Å². The molecule has 9 heavy (non-hydrogen) atoms. The van der Waals surface area contributed by atoms with Gasteiger partial charge in [-0.2, -0.15) is 0 Å². The number of aliphatic hydroxyl groups is 1. The first-order chi connectivity index (χ1) is 4.31. The van der Waals surface area contributed by atoms with Crippen molar-refractivity contribution in [3.63, 3.8) is 0 Å². The van der Waals surface area contributed by atoms with Gasteiger partial charge in [0.05, 0.1) is 6.10 Å². The van der Waals surface area contributed by atoms with Gasteiger partial charge >= 0.3 is 0 Å². The van der Waals surface area contributed by atoms with E-state index in [2.05, 4.69) is 18.5 Å². The molecular formula is C7H13NO. The Morgan fingerprint density at radius 2 is 2.22 bits per heavy atom. The predicted octanol–water partition coefficient (Wildman–Crippen LogP) is 0.309. The smallest absolute Gasteiger partial charge is 0.0842 e. The van der Waals surface area contributed by atoms with E-state index in [1.807, 2.05) is 0 Å². The van der Waals surface area contributed by atoms with Gasteiger partial charge in [0.15, 0.2) is 0 Å². The number of aliphatic hydroxyl groups excluding tert-OH is 1. The molecule has 2 nitrogen and oxygen atoms in total. The molecule has 1 unspecified atom stereocenters. The second-order valence-corrected chi connectivity index (χ2v) is 1.75. The number of hydrogen-bond acceptors (Lipinski definition) is 2. The van der Waals surface area contributed by atoms with Gasteiger partial charge in [0.1, 0.15) is 0 Å². The van der Waals surface area contributed by atoms with Gasteiger partial charge in [-0.1, -0.05) is 12.2 Å². The van der Waals surface area contributed by atoms with Crippen molar-refractivity contribution in [3.8, 4) is 0 Å². The molecule has 0 radical (unpaired) electrons. The van der Waals surface area contributed by atoms with Crippen molar-refractivity contribution in [2.75, 3.05) is 13.1 Å². The Bertz CT molecular complexity index is 90.9. The molecule has 0 aliphatic carbocycles. The van der Waals surface area contributed by atoms with Crippen LogP contribution in [0.4, 0.5) is 0 Å². The Morgan fingerprint density at radius 3 is 2.67 bits per heavy atom. The van der Waals surface area contributed by atoms with Gasteiger partial charge in [0, 0.05) is 13.1 Å². The molecule has 0 amide bonds. The Labute approximate surface area is 55.9 Å². The van der Waals surface area contributed by atoms with E-state index >= 15 is 0 Å². The van der Waals surface area contributed by atoms with E-state index in [1.54, 1.807) is 6.08 Å².